The largest absolute Gasteiger partial charge is 0.329 e. The van der Waals surface area contributed by atoms with E-state index in [0.29, 0.717) is 12.4 Å². The number of aromatic nitrogens is 2. The van der Waals surface area contributed by atoms with Crippen LogP contribution in [0.1, 0.15) is 20.3 Å². The molecule has 0 atom stereocenters. The van der Waals surface area contributed by atoms with Gasteiger partial charge in [-0.2, -0.15) is 5.10 Å². The normalized spacial score (nSPS) is 10.9. The predicted molar refractivity (Wildman–Crippen MR) is 64.1 cm³/mol. The monoisotopic (exact) mass is 224 g/mol. The van der Waals surface area contributed by atoms with E-state index in [-0.39, 0.29) is 5.56 Å². The van der Waals surface area contributed by atoms with Gasteiger partial charge in [0.05, 0.1) is 0 Å². The maximum absolute atomic E-state index is 11.4. The highest BCUT2D eigenvalue weighted by atomic mass is 16.2. The molecule has 0 aromatic carbocycles. The van der Waals surface area contributed by atoms with Gasteiger partial charge in [0, 0.05) is 25.9 Å². The maximum Gasteiger partial charge on any atom is 0.329 e. The Hall–Kier alpha value is -1.85. The smallest absolute Gasteiger partial charge is 0.292 e. The van der Waals surface area contributed by atoms with E-state index < -0.39 is 5.69 Å². The Bertz CT molecular complexity index is 455. The Labute approximate surface area is 93.2 Å². The molecule has 0 saturated heterocycles. The zero-order valence-corrected chi connectivity index (χ0v) is 9.73. The molecule has 6 heteroatoms. The van der Waals surface area contributed by atoms with E-state index >= 15 is 0 Å². The summed E-state index contributed by atoms with van der Waals surface area (Å²) in [4.78, 5) is 25.4. The van der Waals surface area contributed by atoms with E-state index in [2.05, 4.69) is 10.1 Å². The molecule has 0 aliphatic heterocycles. The standard InChI is InChI=1S/C10H16N4O2/c1-4-6-11-14(5-2)8-7-9(15)13(3)10(16)12-8/h6-7H,4-5H2,1-3H3,(H,12,16)/b11-6-. The Kier molecular flexibility index (Phi) is 4.04. The fourth-order valence-electron chi connectivity index (χ4n) is 1.18. The van der Waals surface area contributed by atoms with Gasteiger partial charge < -0.3 is 0 Å². The second kappa shape index (κ2) is 5.29. The first-order chi connectivity index (χ1) is 7.60. The average Bonchev–Trinajstić information content (AvgIpc) is 2.26. The van der Waals surface area contributed by atoms with Crippen molar-refractivity contribution >= 4 is 12.0 Å². The van der Waals surface area contributed by atoms with Crippen molar-refractivity contribution in [2.24, 2.45) is 12.1 Å². The molecule has 0 aliphatic carbocycles. The number of anilines is 1. The lowest BCUT2D eigenvalue weighted by molar-refractivity contribution is 0.756. The minimum Gasteiger partial charge on any atom is -0.292 e. The third kappa shape index (κ3) is 2.59. The summed E-state index contributed by atoms with van der Waals surface area (Å²) in [6.07, 6.45) is 2.52. The van der Waals surface area contributed by atoms with Gasteiger partial charge in [0.25, 0.3) is 5.56 Å². The number of hydrogen-bond donors (Lipinski definition) is 1. The molecule has 0 spiro atoms. The van der Waals surface area contributed by atoms with Crippen LogP contribution in [0.15, 0.2) is 20.8 Å². The average molecular weight is 224 g/mol. The van der Waals surface area contributed by atoms with Gasteiger partial charge >= 0.3 is 5.69 Å². The van der Waals surface area contributed by atoms with Crippen LogP contribution in [0.3, 0.4) is 0 Å². The lowest BCUT2D eigenvalue weighted by atomic mass is 10.5. The van der Waals surface area contributed by atoms with Crippen LogP contribution in [0, 0.1) is 0 Å². The summed E-state index contributed by atoms with van der Waals surface area (Å²) in [5.74, 6) is 0.417. The highest BCUT2D eigenvalue weighted by molar-refractivity contribution is 5.58. The van der Waals surface area contributed by atoms with Gasteiger partial charge in [-0.1, -0.05) is 6.92 Å². The Balaban J connectivity index is 3.17. The van der Waals surface area contributed by atoms with Gasteiger partial charge in [0.15, 0.2) is 0 Å². The first-order valence-electron chi connectivity index (χ1n) is 5.20. The van der Waals surface area contributed by atoms with Crippen molar-refractivity contribution in [1.82, 2.24) is 9.55 Å². The molecule has 1 heterocycles. The van der Waals surface area contributed by atoms with Gasteiger partial charge in [0.1, 0.15) is 5.82 Å². The third-order valence-electron chi connectivity index (χ3n) is 2.11. The molecule has 1 rings (SSSR count). The highest BCUT2D eigenvalue weighted by Crippen LogP contribution is 2.04. The van der Waals surface area contributed by atoms with Crippen molar-refractivity contribution in [1.29, 1.82) is 0 Å². The summed E-state index contributed by atoms with van der Waals surface area (Å²) in [5.41, 5.74) is -0.781. The van der Waals surface area contributed by atoms with Gasteiger partial charge in [-0.3, -0.25) is 14.3 Å². The number of rotatable bonds is 4. The van der Waals surface area contributed by atoms with Crippen LogP contribution in [0.25, 0.3) is 0 Å². The van der Waals surface area contributed by atoms with Crippen molar-refractivity contribution in [2.75, 3.05) is 11.6 Å². The SMILES string of the molecule is CC/C=N\N(CC)c1cc(=O)n(C)c(=O)[nH]1. The summed E-state index contributed by atoms with van der Waals surface area (Å²) in [6, 6.07) is 1.36. The number of nitrogens with zero attached hydrogens (tertiary/aromatic N) is 3. The van der Waals surface area contributed by atoms with Crippen molar-refractivity contribution in [3.63, 3.8) is 0 Å². The van der Waals surface area contributed by atoms with E-state index in [0.717, 1.165) is 11.0 Å². The molecule has 88 valence electrons. The molecule has 0 bridgehead atoms. The lowest BCUT2D eigenvalue weighted by Crippen LogP contribution is -2.34. The number of nitrogens with one attached hydrogen (secondary N) is 1. The second-order valence-electron chi connectivity index (χ2n) is 3.28. The highest BCUT2D eigenvalue weighted by Gasteiger charge is 2.05. The molecule has 6 nitrogen and oxygen atoms in total. The molecule has 0 radical (unpaired) electrons. The molecule has 0 saturated carbocycles. The third-order valence-corrected chi connectivity index (χ3v) is 2.11. The summed E-state index contributed by atoms with van der Waals surface area (Å²) in [7, 11) is 1.43. The van der Waals surface area contributed by atoms with Crippen LogP contribution in [-0.2, 0) is 7.05 Å². The van der Waals surface area contributed by atoms with Crippen LogP contribution in [0.4, 0.5) is 5.82 Å². The van der Waals surface area contributed by atoms with Crippen LogP contribution >= 0.6 is 0 Å². The molecule has 16 heavy (non-hydrogen) atoms. The van der Waals surface area contributed by atoms with Crippen LogP contribution < -0.4 is 16.3 Å². The zero-order valence-electron chi connectivity index (χ0n) is 9.73. The van der Waals surface area contributed by atoms with Crippen molar-refractivity contribution in [3.8, 4) is 0 Å². The van der Waals surface area contributed by atoms with E-state index in [9.17, 15) is 9.59 Å². The minimum absolute atomic E-state index is 0.344. The zero-order chi connectivity index (χ0) is 12.1. The van der Waals surface area contributed by atoms with Crippen molar-refractivity contribution in [2.45, 2.75) is 20.3 Å². The number of hydrogen-bond acceptors (Lipinski definition) is 4. The first kappa shape index (κ1) is 12.2. The molecule has 1 aromatic heterocycles. The predicted octanol–water partition coefficient (Wildman–Crippen LogP) is 0.296. The maximum atomic E-state index is 11.4. The quantitative estimate of drug-likeness (QED) is 0.590. The molecule has 1 N–H and O–H groups in total. The summed E-state index contributed by atoms with van der Waals surface area (Å²) >= 11 is 0. The van der Waals surface area contributed by atoms with Gasteiger partial charge in [-0.05, 0) is 13.3 Å². The minimum atomic E-state index is -0.437. The van der Waals surface area contributed by atoms with Crippen LogP contribution in [0.2, 0.25) is 0 Å². The van der Waals surface area contributed by atoms with Gasteiger partial charge in [0.2, 0.25) is 0 Å². The summed E-state index contributed by atoms with van der Waals surface area (Å²) < 4.78 is 1.01. The van der Waals surface area contributed by atoms with Gasteiger partial charge in [-0.15, -0.1) is 0 Å². The molecular weight excluding hydrogens is 208 g/mol. The van der Waals surface area contributed by atoms with Crippen LogP contribution in [-0.4, -0.2) is 22.3 Å². The summed E-state index contributed by atoms with van der Waals surface area (Å²) in [6.45, 7) is 4.44. The molecule has 0 fully saturated rings. The van der Waals surface area contributed by atoms with Crippen LogP contribution in [0.5, 0.6) is 0 Å². The number of aromatic amines is 1. The Morgan fingerprint density at radius 3 is 2.69 bits per heavy atom. The molecule has 0 unspecified atom stereocenters. The lowest BCUT2D eigenvalue weighted by Gasteiger charge is -2.15. The fraction of sp³-hybridized carbons (Fsp3) is 0.500. The second-order valence-corrected chi connectivity index (χ2v) is 3.28. The van der Waals surface area contributed by atoms with Crippen molar-refractivity contribution in [3.05, 3.63) is 26.9 Å². The number of hydrazone groups is 1. The Morgan fingerprint density at radius 1 is 1.50 bits per heavy atom. The van der Waals surface area contributed by atoms with Crippen molar-refractivity contribution < 1.29 is 0 Å². The van der Waals surface area contributed by atoms with E-state index in [1.807, 2.05) is 13.8 Å². The summed E-state index contributed by atoms with van der Waals surface area (Å²) in [5, 5.41) is 5.71. The fourth-order valence-corrected chi connectivity index (χ4v) is 1.18. The molecule has 0 amide bonds. The van der Waals surface area contributed by atoms with Gasteiger partial charge in [-0.25, -0.2) is 9.80 Å². The molecular formula is C10H16N4O2. The molecule has 0 aliphatic rings. The Morgan fingerprint density at radius 2 is 2.19 bits per heavy atom. The topological polar surface area (TPSA) is 70.5 Å². The van der Waals surface area contributed by atoms with E-state index in [4.69, 9.17) is 0 Å². The molecule has 1 aromatic rings. The first-order valence-corrected chi connectivity index (χ1v) is 5.20. The number of H-pyrrole nitrogens is 1. The van der Waals surface area contributed by atoms with E-state index in [1.54, 1.807) is 11.2 Å². The van der Waals surface area contributed by atoms with E-state index in [1.165, 1.54) is 13.1 Å².